The summed E-state index contributed by atoms with van der Waals surface area (Å²) in [5, 5.41) is 13.6. The lowest BCUT2D eigenvalue weighted by Gasteiger charge is -2.47. The number of hydrogen-bond acceptors (Lipinski definition) is 4. The summed E-state index contributed by atoms with van der Waals surface area (Å²) in [7, 11) is 0. The Balaban J connectivity index is 1.43. The highest BCUT2D eigenvalue weighted by Crippen LogP contribution is 2.49. The van der Waals surface area contributed by atoms with E-state index in [1.165, 1.54) is 23.1 Å². The van der Waals surface area contributed by atoms with Crippen molar-refractivity contribution in [3.63, 3.8) is 0 Å². The fourth-order valence-corrected chi connectivity index (χ4v) is 5.46. The molecule has 6 heteroatoms. The minimum Gasteiger partial charge on any atom is -0.478 e. The fraction of sp³-hybridized carbons (Fsp3) is 0.423. The lowest BCUT2D eigenvalue weighted by atomic mass is 9.68. The third-order valence-corrected chi connectivity index (χ3v) is 7.47. The lowest BCUT2D eigenvalue weighted by molar-refractivity contribution is -0.116. The van der Waals surface area contributed by atoms with E-state index in [0.29, 0.717) is 17.0 Å². The number of aromatic carboxylic acids is 1. The van der Waals surface area contributed by atoms with Crippen molar-refractivity contribution in [2.45, 2.75) is 31.7 Å². The molecule has 2 aromatic rings. The summed E-state index contributed by atoms with van der Waals surface area (Å²) in [6.07, 6.45) is 4.36. The SMILES string of the molecule is O=C(O)c1ccc(N2CCNCC2CC2=C(c3ccc(Cl)cc3)CC3(CC2)COC3)cc1. The molecule has 3 aliphatic rings. The van der Waals surface area contributed by atoms with Crippen LogP contribution in [-0.2, 0) is 4.74 Å². The van der Waals surface area contributed by atoms with Gasteiger partial charge in [-0.3, -0.25) is 0 Å². The van der Waals surface area contributed by atoms with Crippen molar-refractivity contribution < 1.29 is 14.6 Å². The molecule has 2 aromatic carbocycles. The number of carbonyl (C=O) groups is 1. The van der Waals surface area contributed by atoms with Gasteiger partial charge in [0.15, 0.2) is 0 Å². The highest BCUT2D eigenvalue weighted by molar-refractivity contribution is 6.30. The Morgan fingerprint density at radius 1 is 1.16 bits per heavy atom. The largest absolute Gasteiger partial charge is 0.478 e. The first kappa shape index (κ1) is 21.5. The number of ether oxygens (including phenoxy) is 1. The molecule has 0 bridgehead atoms. The summed E-state index contributed by atoms with van der Waals surface area (Å²) in [4.78, 5) is 13.7. The zero-order valence-corrected chi connectivity index (χ0v) is 18.9. The Hall–Kier alpha value is -2.34. The zero-order valence-electron chi connectivity index (χ0n) is 18.1. The van der Waals surface area contributed by atoms with Gasteiger partial charge in [-0.15, -0.1) is 0 Å². The number of halogens is 1. The van der Waals surface area contributed by atoms with E-state index < -0.39 is 5.97 Å². The van der Waals surface area contributed by atoms with E-state index in [4.69, 9.17) is 16.3 Å². The topological polar surface area (TPSA) is 61.8 Å². The van der Waals surface area contributed by atoms with Crippen LogP contribution in [0.5, 0.6) is 0 Å². The molecule has 2 aliphatic heterocycles. The molecule has 1 aliphatic carbocycles. The molecule has 0 aromatic heterocycles. The van der Waals surface area contributed by atoms with Gasteiger partial charge in [0.25, 0.3) is 0 Å². The average molecular weight is 453 g/mol. The maximum atomic E-state index is 11.2. The van der Waals surface area contributed by atoms with Gasteiger partial charge in [-0.2, -0.15) is 0 Å². The molecule has 1 atom stereocenters. The minimum atomic E-state index is -0.887. The number of carboxylic acids is 1. The van der Waals surface area contributed by atoms with Crippen molar-refractivity contribution in [1.82, 2.24) is 5.32 Å². The minimum absolute atomic E-state index is 0.301. The first-order valence-corrected chi connectivity index (χ1v) is 11.8. The molecule has 1 spiro atoms. The van der Waals surface area contributed by atoms with Gasteiger partial charge in [0, 0.05) is 41.8 Å². The summed E-state index contributed by atoms with van der Waals surface area (Å²) >= 11 is 6.17. The number of allylic oxidation sites excluding steroid dienone is 1. The third-order valence-electron chi connectivity index (χ3n) is 7.22. The highest BCUT2D eigenvalue weighted by atomic mass is 35.5. The lowest BCUT2D eigenvalue weighted by Crippen LogP contribution is -2.52. The van der Waals surface area contributed by atoms with Crippen molar-refractivity contribution in [3.8, 4) is 0 Å². The van der Waals surface area contributed by atoms with Crippen LogP contribution >= 0.6 is 11.6 Å². The van der Waals surface area contributed by atoms with E-state index in [0.717, 1.165) is 62.8 Å². The first-order valence-electron chi connectivity index (χ1n) is 11.4. The van der Waals surface area contributed by atoms with Crippen LogP contribution in [0.25, 0.3) is 5.57 Å². The van der Waals surface area contributed by atoms with Gasteiger partial charge in [-0.1, -0.05) is 29.3 Å². The van der Waals surface area contributed by atoms with Gasteiger partial charge in [0.05, 0.1) is 18.8 Å². The normalized spacial score (nSPS) is 22.7. The van der Waals surface area contributed by atoms with Crippen molar-refractivity contribution in [2.75, 3.05) is 37.7 Å². The summed E-state index contributed by atoms with van der Waals surface area (Å²) in [6, 6.07) is 15.9. The van der Waals surface area contributed by atoms with E-state index in [2.05, 4.69) is 22.3 Å². The van der Waals surface area contributed by atoms with Gasteiger partial charge in [-0.05, 0) is 73.2 Å². The molecule has 168 valence electrons. The maximum Gasteiger partial charge on any atom is 0.335 e. The van der Waals surface area contributed by atoms with Crippen LogP contribution < -0.4 is 10.2 Å². The molecule has 2 saturated heterocycles. The molecular formula is C26H29ClN2O3. The number of piperazine rings is 1. The molecule has 5 rings (SSSR count). The van der Waals surface area contributed by atoms with Crippen LogP contribution in [0.1, 0.15) is 41.6 Å². The van der Waals surface area contributed by atoms with Crippen molar-refractivity contribution in [2.24, 2.45) is 5.41 Å². The predicted molar refractivity (Wildman–Crippen MR) is 127 cm³/mol. The molecule has 2 heterocycles. The molecule has 2 N–H and O–H groups in total. The molecule has 1 unspecified atom stereocenters. The van der Waals surface area contributed by atoms with Crippen molar-refractivity contribution in [1.29, 1.82) is 0 Å². The van der Waals surface area contributed by atoms with E-state index >= 15 is 0 Å². The number of nitrogens with zero attached hydrogens (tertiary/aromatic N) is 1. The molecule has 0 amide bonds. The van der Waals surface area contributed by atoms with Gasteiger partial charge in [-0.25, -0.2) is 4.79 Å². The molecular weight excluding hydrogens is 424 g/mol. The molecule has 2 fully saturated rings. The second-order valence-corrected chi connectivity index (χ2v) is 9.80. The fourth-order valence-electron chi connectivity index (χ4n) is 5.34. The number of benzene rings is 2. The standard InChI is InChI=1S/C26H29ClN2O3/c27-21-5-1-18(2-6-21)24-14-26(16-32-17-26)10-9-20(24)13-23-15-28-11-12-29(23)22-7-3-19(4-8-22)25(30)31/h1-8,23,28H,9-17H2,(H,30,31). The Labute approximate surface area is 194 Å². The number of carboxylic acid groups (broad SMARTS) is 1. The maximum absolute atomic E-state index is 11.2. The summed E-state index contributed by atoms with van der Waals surface area (Å²) in [5.74, 6) is -0.887. The second kappa shape index (κ2) is 8.89. The summed E-state index contributed by atoms with van der Waals surface area (Å²) in [5.41, 5.74) is 5.99. The molecule has 0 saturated carbocycles. The van der Waals surface area contributed by atoms with Gasteiger partial charge >= 0.3 is 5.97 Å². The van der Waals surface area contributed by atoms with Crippen LogP contribution in [0, 0.1) is 5.41 Å². The monoisotopic (exact) mass is 452 g/mol. The smallest absolute Gasteiger partial charge is 0.335 e. The quantitative estimate of drug-likeness (QED) is 0.678. The van der Waals surface area contributed by atoms with Crippen molar-refractivity contribution in [3.05, 3.63) is 70.3 Å². The van der Waals surface area contributed by atoms with Gasteiger partial charge in [0.1, 0.15) is 0 Å². The van der Waals surface area contributed by atoms with Crippen LogP contribution in [0.3, 0.4) is 0 Å². The number of hydrogen-bond donors (Lipinski definition) is 2. The first-order chi connectivity index (χ1) is 15.5. The molecule has 5 nitrogen and oxygen atoms in total. The second-order valence-electron chi connectivity index (χ2n) is 9.37. The predicted octanol–water partition coefficient (Wildman–Crippen LogP) is 4.86. The van der Waals surface area contributed by atoms with Gasteiger partial charge < -0.3 is 20.1 Å². The summed E-state index contributed by atoms with van der Waals surface area (Å²) < 4.78 is 5.60. The molecule has 0 radical (unpaired) electrons. The number of nitrogens with one attached hydrogen (secondary N) is 1. The highest BCUT2D eigenvalue weighted by Gasteiger charge is 2.42. The van der Waals surface area contributed by atoms with Crippen LogP contribution in [0.2, 0.25) is 5.02 Å². The average Bonchev–Trinajstić information content (AvgIpc) is 2.79. The number of anilines is 1. The Morgan fingerprint density at radius 3 is 2.56 bits per heavy atom. The van der Waals surface area contributed by atoms with E-state index in [1.807, 2.05) is 24.3 Å². The Morgan fingerprint density at radius 2 is 1.91 bits per heavy atom. The van der Waals surface area contributed by atoms with E-state index in [1.54, 1.807) is 12.1 Å². The summed E-state index contributed by atoms with van der Waals surface area (Å²) in [6.45, 7) is 4.50. The van der Waals surface area contributed by atoms with Crippen molar-refractivity contribution >= 4 is 28.8 Å². The van der Waals surface area contributed by atoms with Crippen LogP contribution in [0.4, 0.5) is 5.69 Å². The van der Waals surface area contributed by atoms with E-state index in [-0.39, 0.29) is 0 Å². The van der Waals surface area contributed by atoms with Gasteiger partial charge in [0.2, 0.25) is 0 Å². The number of rotatable bonds is 5. The van der Waals surface area contributed by atoms with Crippen LogP contribution in [-0.4, -0.2) is 50.0 Å². The third kappa shape index (κ3) is 4.29. The molecule has 32 heavy (non-hydrogen) atoms. The Bertz CT molecular complexity index is 1010. The van der Waals surface area contributed by atoms with E-state index in [9.17, 15) is 9.90 Å². The van der Waals surface area contributed by atoms with Crippen LogP contribution in [0.15, 0.2) is 54.1 Å². The zero-order chi connectivity index (χ0) is 22.1. The Kier molecular flexibility index (Phi) is 5.97.